The van der Waals surface area contributed by atoms with Crippen LogP contribution in [0, 0.1) is 0 Å². The molecule has 0 aliphatic heterocycles. The summed E-state index contributed by atoms with van der Waals surface area (Å²) in [5, 5.41) is 4.34. The molecule has 2 heterocycles. The highest BCUT2D eigenvalue weighted by Gasteiger charge is 2.17. The van der Waals surface area contributed by atoms with E-state index in [9.17, 15) is 19.2 Å². The lowest BCUT2D eigenvalue weighted by Crippen LogP contribution is -2.33. The van der Waals surface area contributed by atoms with Crippen LogP contribution in [-0.4, -0.2) is 24.4 Å². The molecule has 9 heteroatoms. The van der Waals surface area contributed by atoms with E-state index in [1.807, 2.05) is 0 Å². The number of esters is 1. The topological polar surface area (TPSA) is 103 Å². The Labute approximate surface area is 155 Å². The van der Waals surface area contributed by atoms with Crippen LogP contribution in [0.5, 0.6) is 0 Å². The van der Waals surface area contributed by atoms with Crippen LogP contribution in [0.1, 0.15) is 20.2 Å². The molecule has 2 aromatic heterocycles. The monoisotopic (exact) mass is 391 g/mol. The van der Waals surface area contributed by atoms with Crippen molar-refractivity contribution in [3.05, 3.63) is 67.7 Å². The highest BCUT2D eigenvalue weighted by molar-refractivity contribution is 7.12. The van der Waals surface area contributed by atoms with E-state index >= 15 is 0 Å². The molecule has 0 spiro atoms. The summed E-state index contributed by atoms with van der Waals surface area (Å²) in [6, 6.07) is 8.54. The first kappa shape index (κ1) is 17.8. The van der Waals surface area contributed by atoms with Crippen molar-refractivity contribution in [3.63, 3.8) is 0 Å². The van der Waals surface area contributed by atoms with E-state index in [0.717, 1.165) is 6.07 Å². The van der Waals surface area contributed by atoms with E-state index in [1.54, 1.807) is 17.5 Å². The normalized spacial score (nSPS) is 10.5. The van der Waals surface area contributed by atoms with Gasteiger partial charge < -0.3 is 9.15 Å². The van der Waals surface area contributed by atoms with Crippen LogP contribution >= 0.6 is 22.9 Å². The number of thiophene rings is 1. The largest absolute Gasteiger partial charge is 0.450 e. The van der Waals surface area contributed by atoms with Gasteiger partial charge in [-0.05, 0) is 29.6 Å². The summed E-state index contributed by atoms with van der Waals surface area (Å²) in [5.74, 6) is -2.75. The molecule has 0 saturated heterocycles. The zero-order valence-electron chi connectivity index (χ0n) is 13.0. The van der Waals surface area contributed by atoms with E-state index in [-0.39, 0.29) is 16.7 Å². The molecule has 3 aromatic rings. The van der Waals surface area contributed by atoms with Crippen molar-refractivity contribution in [2.45, 2.75) is 0 Å². The van der Waals surface area contributed by atoms with Gasteiger partial charge in [-0.15, -0.1) is 11.3 Å². The minimum Gasteiger partial charge on any atom is -0.450 e. The number of nitrogens with one attached hydrogen (secondary N) is 1. The van der Waals surface area contributed by atoms with Crippen molar-refractivity contribution in [2.24, 2.45) is 0 Å². The van der Waals surface area contributed by atoms with Gasteiger partial charge in [-0.3, -0.25) is 19.7 Å². The molecule has 7 nitrogen and oxygen atoms in total. The van der Waals surface area contributed by atoms with Crippen LogP contribution < -0.4 is 10.7 Å². The molecule has 1 aromatic carbocycles. The number of fused-ring (bicyclic) bond motifs is 1. The Morgan fingerprint density at radius 1 is 1.19 bits per heavy atom. The number of amides is 2. The molecule has 1 N–H and O–H groups in total. The Hall–Kier alpha value is -2.97. The van der Waals surface area contributed by atoms with Crippen LogP contribution in [0.2, 0.25) is 5.02 Å². The van der Waals surface area contributed by atoms with Crippen molar-refractivity contribution < 1.29 is 23.5 Å². The summed E-state index contributed by atoms with van der Waals surface area (Å²) in [6.07, 6.45) is 0. The van der Waals surface area contributed by atoms with Crippen LogP contribution in [0.4, 0.5) is 0 Å². The van der Waals surface area contributed by atoms with Crippen LogP contribution in [0.15, 0.2) is 51.0 Å². The van der Waals surface area contributed by atoms with Gasteiger partial charge in [-0.25, -0.2) is 4.79 Å². The molecule has 0 bridgehead atoms. The van der Waals surface area contributed by atoms with Crippen molar-refractivity contribution in [2.75, 3.05) is 6.61 Å². The maximum atomic E-state index is 12.0. The number of benzene rings is 1. The van der Waals surface area contributed by atoms with Gasteiger partial charge >= 0.3 is 5.97 Å². The summed E-state index contributed by atoms with van der Waals surface area (Å²) in [7, 11) is 0. The number of hydrogen-bond acceptors (Lipinski definition) is 7. The summed E-state index contributed by atoms with van der Waals surface area (Å²) < 4.78 is 10.1. The number of hydrogen-bond donors (Lipinski definition) is 1. The van der Waals surface area contributed by atoms with Gasteiger partial charge in [0.25, 0.3) is 11.8 Å². The predicted molar refractivity (Wildman–Crippen MR) is 94.6 cm³/mol. The summed E-state index contributed by atoms with van der Waals surface area (Å²) in [6.45, 7) is -0.696. The van der Waals surface area contributed by atoms with Gasteiger partial charge in [0.15, 0.2) is 12.0 Å². The predicted octanol–water partition coefficient (Wildman–Crippen LogP) is 2.62. The Morgan fingerprint density at radius 3 is 2.73 bits per heavy atom. The molecule has 132 valence electrons. The second-order valence-corrected chi connectivity index (χ2v) is 6.43. The van der Waals surface area contributed by atoms with E-state index in [1.165, 1.54) is 29.5 Å². The molecule has 0 saturated carbocycles. The van der Waals surface area contributed by atoms with Gasteiger partial charge in [0.1, 0.15) is 5.58 Å². The van der Waals surface area contributed by atoms with E-state index < -0.39 is 29.8 Å². The first-order chi connectivity index (χ1) is 12.4. The summed E-state index contributed by atoms with van der Waals surface area (Å²) >= 11 is 6.98. The number of halogens is 1. The number of rotatable bonds is 4. The Morgan fingerprint density at radius 2 is 2.00 bits per heavy atom. The number of carbonyl (C=O) groups excluding carboxylic acids is 3. The quantitative estimate of drug-likeness (QED) is 0.686. The third kappa shape index (κ3) is 3.98. The van der Waals surface area contributed by atoms with Crippen molar-refractivity contribution >= 4 is 51.7 Å². The van der Waals surface area contributed by atoms with Gasteiger partial charge in [0, 0.05) is 11.1 Å². The minimum absolute atomic E-state index is 0.158. The molecule has 26 heavy (non-hydrogen) atoms. The summed E-state index contributed by atoms with van der Waals surface area (Å²) in [4.78, 5) is 47.8. The zero-order valence-corrected chi connectivity index (χ0v) is 14.6. The van der Waals surface area contributed by atoms with Crippen molar-refractivity contribution in [1.82, 2.24) is 5.32 Å². The highest BCUT2D eigenvalue weighted by Crippen LogP contribution is 2.18. The maximum Gasteiger partial charge on any atom is 0.374 e. The smallest absolute Gasteiger partial charge is 0.374 e. The lowest BCUT2D eigenvalue weighted by Gasteiger charge is -2.05. The molecule has 3 rings (SSSR count). The fraction of sp³-hybridized carbons (Fsp3) is 0.0588. The minimum atomic E-state index is -1.00. The first-order valence-corrected chi connectivity index (χ1v) is 8.48. The zero-order chi connectivity index (χ0) is 18.7. The second kappa shape index (κ2) is 7.51. The Bertz CT molecular complexity index is 1060. The van der Waals surface area contributed by atoms with Crippen molar-refractivity contribution in [1.29, 1.82) is 0 Å². The highest BCUT2D eigenvalue weighted by atomic mass is 35.5. The molecule has 0 aliphatic carbocycles. The fourth-order valence-electron chi connectivity index (χ4n) is 2.06. The van der Waals surface area contributed by atoms with Crippen LogP contribution in [0.25, 0.3) is 11.0 Å². The Balaban J connectivity index is 1.65. The van der Waals surface area contributed by atoms with Crippen LogP contribution in [-0.2, 0) is 9.53 Å². The molecular formula is C17H10ClNO6S. The molecule has 0 aliphatic rings. The second-order valence-electron chi connectivity index (χ2n) is 5.05. The Kier molecular flexibility index (Phi) is 5.15. The lowest BCUT2D eigenvalue weighted by molar-refractivity contribution is -0.123. The maximum absolute atomic E-state index is 12.0. The number of imide groups is 1. The molecule has 0 atom stereocenters. The molecule has 0 radical (unpaired) electrons. The molecule has 0 fully saturated rings. The van der Waals surface area contributed by atoms with E-state index in [4.69, 9.17) is 20.8 Å². The SMILES string of the molecule is O=C(COC(=O)c1cc(=O)c2cc(Cl)ccc2o1)NC(=O)c1cccs1. The van der Waals surface area contributed by atoms with Gasteiger partial charge in [-0.2, -0.15) is 0 Å². The third-order valence-electron chi connectivity index (χ3n) is 3.22. The lowest BCUT2D eigenvalue weighted by atomic mass is 10.2. The third-order valence-corrected chi connectivity index (χ3v) is 4.33. The number of ether oxygens (including phenoxy) is 1. The molecule has 0 unspecified atom stereocenters. The molecular weight excluding hydrogens is 382 g/mol. The molecule has 2 amide bonds. The van der Waals surface area contributed by atoms with Gasteiger partial charge in [-0.1, -0.05) is 17.7 Å². The standard InChI is InChI=1S/C17H10ClNO6S/c18-9-3-4-12-10(6-9)11(20)7-13(25-12)17(23)24-8-15(21)19-16(22)14-2-1-5-26-14/h1-7H,8H2,(H,19,21,22). The van der Waals surface area contributed by atoms with Gasteiger partial charge in [0.05, 0.1) is 10.3 Å². The number of carbonyl (C=O) groups is 3. The first-order valence-electron chi connectivity index (χ1n) is 7.22. The van der Waals surface area contributed by atoms with E-state index in [0.29, 0.717) is 9.90 Å². The van der Waals surface area contributed by atoms with Crippen LogP contribution in [0.3, 0.4) is 0 Å². The van der Waals surface area contributed by atoms with Gasteiger partial charge in [0.2, 0.25) is 5.76 Å². The summed E-state index contributed by atoms with van der Waals surface area (Å²) in [5.41, 5.74) is -0.316. The van der Waals surface area contributed by atoms with E-state index in [2.05, 4.69) is 5.32 Å². The fourth-order valence-corrected chi connectivity index (χ4v) is 2.85. The average molecular weight is 392 g/mol. The van der Waals surface area contributed by atoms with Crippen molar-refractivity contribution in [3.8, 4) is 0 Å². The average Bonchev–Trinajstić information content (AvgIpc) is 3.15.